The zero-order valence-corrected chi connectivity index (χ0v) is 6.98. The monoisotopic (exact) mass is 167 g/mol. The van der Waals surface area contributed by atoms with Gasteiger partial charge in [0.1, 0.15) is 0 Å². The molecule has 62 valence electrons. The second-order valence-corrected chi connectivity index (χ2v) is 3.11. The number of rotatable bonds is 0. The van der Waals surface area contributed by atoms with Crippen LogP contribution in [-0.2, 0) is 0 Å². The maximum absolute atomic E-state index is 9.21. The van der Waals surface area contributed by atoms with Crippen LogP contribution in [0.5, 0.6) is 0 Å². The maximum Gasteiger partial charge on any atom is 0.0987 e. The fraction of sp³-hybridized carbons (Fsp3) is 1.00. The molecular weight excluding hydrogens is 154 g/mol. The molecule has 0 unspecified atom stereocenters. The van der Waals surface area contributed by atoms with E-state index in [1.807, 2.05) is 13.8 Å². The van der Waals surface area contributed by atoms with Crippen LogP contribution in [0.1, 0.15) is 13.8 Å². The molecule has 4 heteroatoms. The quantitative estimate of drug-likeness (QED) is 0.457. The van der Waals surface area contributed by atoms with Crippen molar-refractivity contribution in [1.29, 1.82) is 0 Å². The van der Waals surface area contributed by atoms with Gasteiger partial charge in [0.15, 0.2) is 0 Å². The number of halogens is 1. The summed E-state index contributed by atoms with van der Waals surface area (Å²) in [5.41, 5.74) is -0.320. The highest BCUT2D eigenvalue weighted by Gasteiger charge is 2.39. The number of nitrogens with one attached hydrogen (secondary N) is 1. The first-order chi connectivity index (χ1) is 4.04. The van der Waals surface area contributed by atoms with Gasteiger partial charge in [-0.15, -0.1) is 12.4 Å². The molecule has 0 aromatic carbocycles. The molecule has 2 atom stereocenters. The summed E-state index contributed by atoms with van der Waals surface area (Å²) in [5, 5.41) is 21.2. The lowest BCUT2D eigenvalue weighted by Gasteiger charge is -2.22. The Morgan fingerprint density at radius 2 is 1.90 bits per heavy atom. The molecule has 0 bridgehead atoms. The van der Waals surface area contributed by atoms with E-state index in [4.69, 9.17) is 5.11 Å². The lowest BCUT2D eigenvalue weighted by Crippen LogP contribution is -2.42. The third-order valence-electron chi connectivity index (χ3n) is 1.87. The molecule has 1 fully saturated rings. The Morgan fingerprint density at radius 1 is 1.40 bits per heavy atom. The summed E-state index contributed by atoms with van der Waals surface area (Å²) in [6.07, 6.45) is -1.22. The topological polar surface area (TPSA) is 52.5 Å². The molecule has 0 aromatic rings. The van der Waals surface area contributed by atoms with Crippen molar-refractivity contribution >= 4 is 12.4 Å². The Balaban J connectivity index is 0.000000810. The van der Waals surface area contributed by atoms with E-state index in [-0.39, 0.29) is 17.9 Å². The van der Waals surface area contributed by atoms with Gasteiger partial charge < -0.3 is 15.5 Å². The van der Waals surface area contributed by atoms with Crippen LogP contribution in [0, 0.1) is 0 Å². The predicted octanol–water partition coefficient (Wildman–Crippen LogP) is -0.488. The van der Waals surface area contributed by atoms with Gasteiger partial charge in [-0.05, 0) is 13.8 Å². The lowest BCUT2D eigenvalue weighted by molar-refractivity contribution is 0.0210. The fourth-order valence-corrected chi connectivity index (χ4v) is 1.06. The summed E-state index contributed by atoms with van der Waals surface area (Å²) in [6.45, 7) is 4.23. The minimum absolute atomic E-state index is 0. The van der Waals surface area contributed by atoms with Gasteiger partial charge >= 0.3 is 0 Å². The summed E-state index contributed by atoms with van der Waals surface area (Å²) in [6, 6.07) is 0. The van der Waals surface area contributed by atoms with E-state index in [2.05, 4.69) is 5.32 Å². The number of aliphatic hydroxyl groups excluding tert-OH is 2. The summed E-state index contributed by atoms with van der Waals surface area (Å²) in [4.78, 5) is 0. The molecule has 10 heavy (non-hydrogen) atoms. The average molecular weight is 168 g/mol. The van der Waals surface area contributed by atoms with Crippen LogP contribution in [0.4, 0.5) is 0 Å². The summed E-state index contributed by atoms with van der Waals surface area (Å²) in [7, 11) is 0. The van der Waals surface area contributed by atoms with Gasteiger partial charge in [-0.1, -0.05) is 0 Å². The van der Waals surface area contributed by atoms with E-state index in [1.165, 1.54) is 0 Å². The van der Waals surface area contributed by atoms with Crippen molar-refractivity contribution in [2.45, 2.75) is 31.6 Å². The molecule has 1 saturated heterocycles. The van der Waals surface area contributed by atoms with Crippen LogP contribution in [0.25, 0.3) is 0 Å². The molecule has 0 aromatic heterocycles. The van der Waals surface area contributed by atoms with Gasteiger partial charge in [0.05, 0.1) is 12.2 Å². The molecule has 1 aliphatic heterocycles. The predicted molar refractivity (Wildman–Crippen MR) is 41.3 cm³/mol. The van der Waals surface area contributed by atoms with Crippen molar-refractivity contribution in [2.75, 3.05) is 6.54 Å². The van der Waals surface area contributed by atoms with E-state index < -0.39 is 12.2 Å². The molecule has 1 aliphatic rings. The summed E-state index contributed by atoms with van der Waals surface area (Å²) in [5.74, 6) is 0. The van der Waals surface area contributed by atoms with Crippen molar-refractivity contribution in [2.24, 2.45) is 0 Å². The fourth-order valence-electron chi connectivity index (χ4n) is 1.06. The van der Waals surface area contributed by atoms with Crippen LogP contribution in [0.3, 0.4) is 0 Å². The van der Waals surface area contributed by atoms with Crippen LogP contribution < -0.4 is 5.32 Å². The highest BCUT2D eigenvalue weighted by Crippen LogP contribution is 2.18. The molecule has 0 spiro atoms. The standard InChI is InChI=1S/C6H13NO2.ClH/c1-6(2)5(9)4(8)3-7-6;/h4-5,7-9H,3H2,1-2H3;1H/t4-,5-;/m0./s1. The van der Waals surface area contributed by atoms with Crippen molar-refractivity contribution in [1.82, 2.24) is 5.32 Å². The average Bonchev–Trinajstić information content (AvgIpc) is 1.97. The lowest BCUT2D eigenvalue weighted by atomic mass is 9.99. The van der Waals surface area contributed by atoms with E-state index in [1.54, 1.807) is 0 Å². The van der Waals surface area contributed by atoms with Gasteiger partial charge in [0.25, 0.3) is 0 Å². The highest BCUT2D eigenvalue weighted by molar-refractivity contribution is 5.85. The zero-order valence-electron chi connectivity index (χ0n) is 6.16. The van der Waals surface area contributed by atoms with Gasteiger partial charge in [-0.2, -0.15) is 0 Å². The maximum atomic E-state index is 9.21. The Bertz CT molecular complexity index is 118. The number of aliphatic hydroxyl groups is 2. The molecular formula is C6H14ClNO2. The second-order valence-electron chi connectivity index (χ2n) is 3.11. The normalized spacial score (nSPS) is 37.2. The summed E-state index contributed by atoms with van der Waals surface area (Å²) >= 11 is 0. The highest BCUT2D eigenvalue weighted by atomic mass is 35.5. The first-order valence-corrected chi connectivity index (χ1v) is 3.15. The molecule has 0 saturated carbocycles. The molecule has 0 amide bonds. The Morgan fingerprint density at radius 3 is 2.00 bits per heavy atom. The Kier molecular flexibility index (Phi) is 3.10. The third-order valence-corrected chi connectivity index (χ3v) is 1.87. The first kappa shape index (κ1) is 10.2. The largest absolute Gasteiger partial charge is 0.389 e. The number of hydrogen-bond acceptors (Lipinski definition) is 3. The number of hydrogen-bond donors (Lipinski definition) is 3. The van der Waals surface area contributed by atoms with Crippen molar-refractivity contribution in [3.63, 3.8) is 0 Å². The van der Waals surface area contributed by atoms with Crippen molar-refractivity contribution in [3.05, 3.63) is 0 Å². The Labute approximate surface area is 66.8 Å². The molecule has 1 rings (SSSR count). The molecule has 1 heterocycles. The van der Waals surface area contributed by atoms with E-state index in [9.17, 15) is 5.11 Å². The van der Waals surface area contributed by atoms with Gasteiger partial charge in [0, 0.05) is 12.1 Å². The smallest absolute Gasteiger partial charge is 0.0987 e. The molecule has 3 N–H and O–H groups in total. The minimum atomic E-state index is -0.627. The van der Waals surface area contributed by atoms with Crippen molar-refractivity contribution in [3.8, 4) is 0 Å². The summed E-state index contributed by atoms with van der Waals surface area (Å²) < 4.78 is 0. The van der Waals surface area contributed by atoms with Crippen LogP contribution in [-0.4, -0.2) is 34.5 Å². The van der Waals surface area contributed by atoms with E-state index in [0.717, 1.165) is 0 Å². The third kappa shape index (κ3) is 1.61. The number of β-amino-alcohol motifs (C(OH)–C–C–N with tert-alkyl or cyclic N) is 1. The Hall–Kier alpha value is 0.170. The van der Waals surface area contributed by atoms with E-state index >= 15 is 0 Å². The van der Waals surface area contributed by atoms with Gasteiger partial charge in [-0.3, -0.25) is 0 Å². The second kappa shape index (κ2) is 3.05. The molecule has 0 radical (unpaired) electrons. The molecule has 3 nitrogen and oxygen atoms in total. The minimum Gasteiger partial charge on any atom is -0.389 e. The SMILES string of the molecule is CC1(C)NC[C@H](O)[C@@H]1O.Cl. The molecule has 0 aliphatic carbocycles. The van der Waals surface area contributed by atoms with Crippen LogP contribution >= 0.6 is 12.4 Å². The van der Waals surface area contributed by atoms with Crippen LogP contribution in [0.15, 0.2) is 0 Å². The van der Waals surface area contributed by atoms with Crippen molar-refractivity contribution < 1.29 is 10.2 Å². The van der Waals surface area contributed by atoms with Gasteiger partial charge in [-0.25, -0.2) is 0 Å². The van der Waals surface area contributed by atoms with E-state index in [0.29, 0.717) is 6.54 Å². The van der Waals surface area contributed by atoms with Gasteiger partial charge in [0.2, 0.25) is 0 Å². The zero-order chi connectivity index (χ0) is 7.07. The van der Waals surface area contributed by atoms with Crippen LogP contribution in [0.2, 0.25) is 0 Å². The first-order valence-electron chi connectivity index (χ1n) is 3.15.